The van der Waals surface area contributed by atoms with Crippen molar-refractivity contribution < 1.29 is 4.79 Å². The van der Waals surface area contributed by atoms with Crippen molar-refractivity contribution in [3.8, 4) is 0 Å². The summed E-state index contributed by atoms with van der Waals surface area (Å²) in [7, 11) is 1.69. The average molecular weight is 291 g/mol. The van der Waals surface area contributed by atoms with Gasteiger partial charge in [-0.25, -0.2) is 9.97 Å². The summed E-state index contributed by atoms with van der Waals surface area (Å²) in [6.45, 7) is 10.4. The van der Waals surface area contributed by atoms with Gasteiger partial charge in [0.25, 0.3) is 0 Å². The Labute approximate surface area is 126 Å². The molecule has 0 saturated carbocycles. The fourth-order valence-corrected chi connectivity index (χ4v) is 2.89. The Balaban J connectivity index is 2.30. The largest absolute Gasteiger partial charge is 0.370 e. The topological polar surface area (TPSA) is 70.2 Å². The zero-order valence-electron chi connectivity index (χ0n) is 13.6. The summed E-state index contributed by atoms with van der Waals surface area (Å²) in [4.78, 5) is 23.3. The van der Waals surface area contributed by atoms with Gasteiger partial charge in [0, 0.05) is 32.2 Å². The molecule has 0 aliphatic carbocycles. The summed E-state index contributed by atoms with van der Waals surface area (Å²) >= 11 is 0. The molecular weight excluding hydrogens is 266 g/mol. The van der Waals surface area contributed by atoms with Crippen LogP contribution in [0.25, 0.3) is 0 Å². The quantitative estimate of drug-likeness (QED) is 0.879. The molecule has 1 amide bonds. The first-order valence-electron chi connectivity index (χ1n) is 7.47. The number of nitrogens with one attached hydrogen (secondary N) is 2. The van der Waals surface area contributed by atoms with Crippen LogP contribution in [0.3, 0.4) is 0 Å². The minimum absolute atomic E-state index is 0.0975. The van der Waals surface area contributed by atoms with Crippen molar-refractivity contribution in [3.05, 3.63) is 11.4 Å². The van der Waals surface area contributed by atoms with Crippen LogP contribution in [-0.4, -0.2) is 42.6 Å². The number of aromatic nitrogens is 2. The summed E-state index contributed by atoms with van der Waals surface area (Å²) in [5.74, 6) is 2.67. The first-order valence-corrected chi connectivity index (χ1v) is 7.47. The highest BCUT2D eigenvalue weighted by atomic mass is 16.2. The first-order chi connectivity index (χ1) is 9.91. The molecule has 0 radical (unpaired) electrons. The maximum absolute atomic E-state index is 12.1. The van der Waals surface area contributed by atoms with Crippen molar-refractivity contribution >= 4 is 17.5 Å². The third kappa shape index (κ3) is 2.94. The Morgan fingerprint density at radius 1 is 1.38 bits per heavy atom. The normalized spacial score (nSPS) is 21.5. The van der Waals surface area contributed by atoms with Gasteiger partial charge in [0.15, 0.2) is 0 Å². The van der Waals surface area contributed by atoms with Gasteiger partial charge in [-0.05, 0) is 34.1 Å². The number of rotatable bonds is 4. The molecule has 1 aromatic rings. The van der Waals surface area contributed by atoms with Gasteiger partial charge in [0.2, 0.25) is 5.91 Å². The molecule has 2 heterocycles. The minimum atomic E-state index is -0.349. The van der Waals surface area contributed by atoms with Crippen molar-refractivity contribution in [2.45, 2.75) is 34.1 Å². The van der Waals surface area contributed by atoms with E-state index >= 15 is 0 Å². The van der Waals surface area contributed by atoms with Crippen molar-refractivity contribution in [1.82, 2.24) is 15.3 Å². The molecule has 2 N–H and O–H groups in total. The highest BCUT2D eigenvalue weighted by Crippen LogP contribution is 2.35. The number of hydrogen-bond acceptors (Lipinski definition) is 5. The lowest BCUT2D eigenvalue weighted by Crippen LogP contribution is -2.39. The van der Waals surface area contributed by atoms with E-state index in [0.29, 0.717) is 6.54 Å². The van der Waals surface area contributed by atoms with Crippen molar-refractivity contribution in [2.24, 2.45) is 5.41 Å². The van der Waals surface area contributed by atoms with Gasteiger partial charge in [0.05, 0.1) is 5.41 Å². The second kappa shape index (κ2) is 5.87. The molecule has 2 rings (SSSR count). The van der Waals surface area contributed by atoms with Crippen LogP contribution in [0.2, 0.25) is 0 Å². The van der Waals surface area contributed by atoms with Crippen LogP contribution in [0.1, 0.15) is 31.7 Å². The van der Waals surface area contributed by atoms with E-state index < -0.39 is 0 Å². The summed E-state index contributed by atoms with van der Waals surface area (Å²) in [5, 5.41) is 6.04. The SMILES string of the molecule is CCNc1nc(C)nc(N2CCC(C)(C(=O)NC)C2)c1C. The highest BCUT2D eigenvalue weighted by molar-refractivity contribution is 5.83. The third-order valence-corrected chi connectivity index (χ3v) is 4.12. The molecule has 1 aliphatic rings. The number of hydrogen-bond donors (Lipinski definition) is 2. The van der Waals surface area contributed by atoms with E-state index in [1.165, 1.54) is 0 Å². The van der Waals surface area contributed by atoms with Gasteiger partial charge in [-0.1, -0.05) is 0 Å². The standard InChI is InChI=1S/C15H25N5O/c1-6-17-12-10(2)13(19-11(3)18-12)20-8-7-15(4,9-20)14(21)16-5/h6-9H2,1-5H3,(H,16,21)(H,17,18,19). The molecule has 6 heteroatoms. The van der Waals surface area contributed by atoms with E-state index in [-0.39, 0.29) is 11.3 Å². The highest BCUT2D eigenvalue weighted by Gasteiger charge is 2.40. The molecule has 116 valence electrons. The maximum Gasteiger partial charge on any atom is 0.227 e. The van der Waals surface area contributed by atoms with Crippen LogP contribution in [0, 0.1) is 19.3 Å². The molecule has 1 atom stereocenters. The predicted octanol–water partition coefficient (Wildman–Crippen LogP) is 1.49. The van der Waals surface area contributed by atoms with Gasteiger partial charge in [-0.2, -0.15) is 0 Å². The van der Waals surface area contributed by atoms with E-state index in [2.05, 4.69) is 32.4 Å². The van der Waals surface area contributed by atoms with E-state index in [4.69, 9.17) is 0 Å². The van der Waals surface area contributed by atoms with Crippen LogP contribution >= 0.6 is 0 Å². The van der Waals surface area contributed by atoms with Crippen LogP contribution in [-0.2, 0) is 4.79 Å². The van der Waals surface area contributed by atoms with Gasteiger partial charge < -0.3 is 15.5 Å². The van der Waals surface area contributed by atoms with Crippen molar-refractivity contribution in [3.63, 3.8) is 0 Å². The number of carbonyl (C=O) groups excluding carboxylic acids is 1. The third-order valence-electron chi connectivity index (χ3n) is 4.12. The Kier molecular flexibility index (Phi) is 4.34. The maximum atomic E-state index is 12.1. The molecule has 0 aromatic carbocycles. The van der Waals surface area contributed by atoms with E-state index in [9.17, 15) is 4.79 Å². The van der Waals surface area contributed by atoms with Crippen LogP contribution in [0.4, 0.5) is 11.6 Å². The van der Waals surface area contributed by atoms with Gasteiger partial charge >= 0.3 is 0 Å². The summed E-state index contributed by atoms with van der Waals surface area (Å²) in [6.07, 6.45) is 0.839. The number of anilines is 2. The molecule has 1 fully saturated rings. The first kappa shape index (κ1) is 15.5. The molecule has 1 unspecified atom stereocenters. The number of amides is 1. The monoisotopic (exact) mass is 291 g/mol. The Morgan fingerprint density at radius 3 is 2.71 bits per heavy atom. The lowest BCUT2D eigenvalue weighted by Gasteiger charge is -2.25. The summed E-state index contributed by atoms with van der Waals surface area (Å²) in [5.41, 5.74) is 0.696. The fourth-order valence-electron chi connectivity index (χ4n) is 2.89. The van der Waals surface area contributed by atoms with Crippen molar-refractivity contribution in [1.29, 1.82) is 0 Å². The number of nitrogens with zero attached hydrogens (tertiary/aromatic N) is 3. The second-order valence-corrected chi connectivity index (χ2v) is 5.91. The second-order valence-electron chi connectivity index (χ2n) is 5.91. The molecule has 0 spiro atoms. The van der Waals surface area contributed by atoms with Crippen LogP contribution in [0.15, 0.2) is 0 Å². The molecule has 1 saturated heterocycles. The zero-order chi connectivity index (χ0) is 15.6. The smallest absolute Gasteiger partial charge is 0.227 e. The van der Waals surface area contributed by atoms with Gasteiger partial charge in [-0.3, -0.25) is 4.79 Å². The van der Waals surface area contributed by atoms with E-state index in [1.807, 2.05) is 20.8 Å². The average Bonchev–Trinajstić information content (AvgIpc) is 2.85. The van der Waals surface area contributed by atoms with Crippen LogP contribution < -0.4 is 15.5 Å². The molecule has 0 bridgehead atoms. The Hall–Kier alpha value is -1.85. The molecule has 1 aromatic heterocycles. The zero-order valence-corrected chi connectivity index (χ0v) is 13.6. The summed E-state index contributed by atoms with van der Waals surface area (Å²) < 4.78 is 0. The molecule has 21 heavy (non-hydrogen) atoms. The number of carbonyl (C=O) groups is 1. The van der Waals surface area contributed by atoms with E-state index in [1.54, 1.807) is 7.05 Å². The van der Waals surface area contributed by atoms with Gasteiger partial charge in [-0.15, -0.1) is 0 Å². The van der Waals surface area contributed by atoms with Crippen molar-refractivity contribution in [2.75, 3.05) is 36.9 Å². The molecule has 1 aliphatic heterocycles. The lowest BCUT2D eigenvalue weighted by atomic mass is 9.89. The van der Waals surface area contributed by atoms with Crippen LogP contribution in [0.5, 0.6) is 0 Å². The predicted molar refractivity (Wildman–Crippen MR) is 84.7 cm³/mol. The Bertz CT molecular complexity index is 545. The fraction of sp³-hybridized carbons (Fsp3) is 0.667. The summed E-state index contributed by atoms with van der Waals surface area (Å²) in [6, 6.07) is 0. The molecular formula is C15H25N5O. The number of aryl methyl sites for hydroxylation is 1. The lowest BCUT2D eigenvalue weighted by molar-refractivity contribution is -0.128. The van der Waals surface area contributed by atoms with Gasteiger partial charge in [0.1, 0.15) is 17.5 Å². The minimum Gasteiger partial charge on any atom is -0.370 e. The van der Waals surface area contributed by atoms with E-state index in [0.717, 1.165) is 42.5 Å². The Morgan fingerprint density at radius 2 is 2.10 bits per heavy atom. The molecule has 6 nitrogen and oxygen atoms in total.